The Balaban J connectivity index is 2.08. The monoisotopic (exact) mass is 254 g/mol. The van der Waals surface area contributed by atoms with Gasteiger partial charge in [0.2, 0.25) is 11.8 Å². The van der Waals surface area contributed by atoms with E-state index in [1.54, 1.807) is 9.80 Å². The van der Waals surface area contributed by atoms with Crippen LogP contribution in [0.1, 0.15) is 19.3 Å². The van der Waals surface area contributed by atoms with Crippen molar-refractivity contribution in [1.82, 2.24) is 9.80 Å². The van der Waals surface area contributed by atoms with Gasteiger partial charge in [-0.05, 0) is 24.8 Å². The Morgan fingerprint density at radius 1 is 1.41 bits per heavy atom. The SMILES string of the molecule is C=C(CS)CN1CC(=O)N2CCCCC2C1=O. The van der Waals surface area contributed by atoms with Crippen molar-refractivity contribution >= 4 is 24.4 Å². The van der Waals surface area contributed by atoms with Crippen molar-refractivity contribution in [1.29, 1.82) is 0 Å². The molecule has 2 heterocycles. The van der Waals surface area contributed by atoms with Crippen molar-refractivity contribution in [2.24, 2.45) is 0 Å². The summed E-state index contributed by atoms with van der Waals surface area (Å²) in [5.74, 6) is 0.695. The van der Waals surface area contributed by atoms with Crippen molar-refractivity contribution in [3.8, 4) is 0 Å². The predicted molar refractivity (Wildman–Crippen MR) is 68.9 cm³/mol. The second-order valence-corrected chi connectivity index (χ2v) is 5.02. The van der Waals surface area contributed by atoms with Gasteiger partial charge in [0, 0.05) is 18.8 Å². The highest BCUT2D eigenvalue weighted by atomic mass is 32.1. The summed E-state index contributed by atoms with van der Waals surface area (Å²) in [5, 5.41) is 0. The number of thiol groups is 1. The van der Waals surface area contributed by atoms with Crippen LogP contribution >= 0.6 is 12.6 Å². The highest BCUT2D eigenvalue weighted by Crippen LogP contribution is 2.23. The lowest BCUT2D eigenvalue weighted by Crippen LogP contribution is -2.61. The molecule has 2 aliphatic rings. The lowest BCUT2D eigenvalue weighted by Gasteiger charge is -2.42. The van der Waals surface area contributed by atoms with Gasteiger partial charge in [0.25, 0.3) is 0 Å². The highest BCUT2D eigenvalue weighted by Gasteiger charge is 2.40. The Morgan fingerprint density at radius 2 is 2.18 bits per heavy atom. The summed E-state index contributed by atoms with van der Waals surface area (Å²) in [4.78, 5) is 27.5. The summed E-state index contributed by atoms with van der Waals surface area (Å²) in [7, 11) is 0. The van der Waals surface area contributed by atoms with E-state index in [9.17, 15) is 9.59 Å². The predicted octanol–water partition coefficient (Wildman–Crippen LogP) is 0.696. The molecule has 0 aromatic carbocycles. The maximum Gasteiger partial charge on any atom is 0.246 e. The normalized spacial score (nSPS) is 24.9. The van der Waals surface area contributed by atoms with Gasteiger partial charge in [-0.3, -0.25) is 9.59 Å². The average Bonchev–Trinajstić information content (AvgIpc) is 2.35. The molecule has 2 aliphatic heterocycles. The third-order valence-corrected chi connectivity index (χ3v) is 3.83. The van der Waals surface area contributed by atoms with Crippen LogP contribution in [0.25, 0.3) is 0 Å². The van der Waals surface area contributed by atoms with Gasteiger partial charge in [0.15, 0.2) is 0 Å². The zero-order valence-electron chi connectivity index (χ0n) is 9.89. The maximum absolute atomic E-state index is 12.2. The van der Waals surface area contributed by atoms with E-state index in [1.165, 1.54) is 0 Å². The molecule has 0 aromatic heterocycles. The fourth-order valence-corrected chi connectivity index (χ4v) is 2.58. The third kappa shape index (κ3) is 2.49. The van der Waals surface area contributed by atoms with Crippen molar-refractivity contribution in [3.63, 3.8) is 0 Å². The number of piperidine rings is 1. The van der Waals surface area contributed by atoms with E-state index in [0.29, 0.717) is 12.3 Å². The second-order valence-electron chi connectivity index (χ2n) is 4.70. The number of rotatable bonds is 3. The fourth-order valence-electron chi connectivity index (χ4n) is 2.48. The molecule has 2 fully saturated rings. The first-order chi connectivity index (χ1) is 8.13. The van der Waals surface area contributed by atoms with Gasteiger partial charge in [0.1, 0.15) is 12.6 Å². The Hall–Kier alpha value is -0.970. The standard InChI is InChI=1S/C12H18N2O2S/c1-9(8-17)6-13-7-11(15)14-5-3-2-4-10(14)12(13)16/h10,17H,1-8H2. The molecule has 0 N–H and O–H groups in total. The molecule has 4 nitrogen and oxygen atoms in total. The van der Waals surface area contributed by atoms with E-state index in [2.05, 4.69) is 19.2 Å². The summed E-state index contributed by atoms with van der Waals surface area (Å²) in [6.45, 7) is 5.22. The molecule has 0 bridgehead atoms. The number of fused-ring (bicyclic) bond motifs is 1. The van der Waals surface area contributed by atoms with E-state index in [0.717, 1.165) is 31.4 Å². The van der Waals surface area contributed by atoms with Crippen LogP contribution in [-0.2, 0) is 9.59 Å². The fraction of sp³-hybridized carbons (Fsp3) is 0.667. The van der Waals surface area contributed by atoms with Crippen molar-refractivity contribution < 1.29 is 9.59 Å². The van der Waals surface area contributed by atoms with Crippen LogP contribution in [0.15, 0.2) is 12.2 Å². The van der Waals surface area contributed by atoms with Gasteiger partial charge in [-0.2, -0.15) is 12.6 Å². The van der Waals surface area contributed by atoms with Crippen molar-refractivity contribution in [3.05, 3.63) is 12.2 Å². The molecule has 2 rings (SSSR count). The number of nitrogens with zero attached hydrogens (tertiary/aromatic N) is 2. The number of carbonyl (C=O) groups is 2. The largest absolute Gasteiger partial charge is 0.329 e. The van der Waals surface area contributed by atoms with E-state index in [4.69, 9.17) is 0 Å². The Bertz CT molecular complexity index is 356. The van der Waals surface area contributed by atoms with Crippen LogP contribution in [0.3, 0.4) is 0 Å². The van der Waals surface area contributed by atoms with E-state index < -0.39 is 0 Å². The van der Waals surface area contributed by atoms with Crippen LogP contribution in [0, 0.1) is 0 Å². The molecule has 0 aliphatic carbocycles. The molecular weight excluding hydrogens is 236 g/mol. The van der Waals surface area contributed by atoms with Gasteiger partial charge in [-0.1, -0.05) is 6.58 Å². The summed E-state index contributed by atoms with van der Waals surface area (Å²) in [5.41, 5.74) is 0.874. The molecule has 1 atom stereocenters. The number of amides is 2. The summed E-state index contributed by atoms with van der Waals surface area (Å²) >= 11 is 4.13. The van der Waals surface area contributed by atoms with Crippen LogP contribution in [0.5, 0.6) is 0 Å². The van der Waals surface area contributed by atoms with Gasteiger partial charge < -0.3 is 9.80 Å². The van der Waals surface area contributed by atoms with Crippen LogP contribution in [0.4, 0.5) is 0 Å². The molecule has 94 valence electrons. The molecule has 0 saturated carbocycles. The van der Waals surface area contributed by atoms with Gasteiger partial charge in [-0.25, -0.2) is 0 Å². The second kappa shape index (κ2) is 5.12. The quantitative estimate of drug-likeness (QED) is 0.595. The van der Waals surface area contributed by atoms with Crippen LogP contribution in [-0.4, -0.2) is 53.0 Å². The first-order valence-electron chi connectivity index (χ1n) is 5.99. The first kappa shape index (κ1) is 12.5. The lowest BCUT2D eigenvalue weighted by molar-refractivity contribution is -0.157. The molecule has 1 unspecified atom stereocenters. The minimum absolute atomic E-state index is 0.0706. The van der Waals surface area contributed by atoms with E-state index in [-0.39, 0.29) is 24.4 Å². The molecule has 2 amide bonds. The number of carbonyl (C=O) groups excluding carboxylic acids is 2. The molecular formula is C12H18N2O2S. The highest BCUT2D eigenvalue weighted by molar-refractivity contribution is 7.80. The minimum Gasteiger partial charge on any atom is -0.329 e. The number of hydrogen-bond acceptors (Lipinski definition) is 3. The van der Waals surface area contributed by atoms with Crippen LogP contribution in [0.2, 0.25) is 0 Å². The van der Waals surface area contributed by atoms with E-state index >= 15 is 0 Å². The minimum atomic E-state index is -0.224. The molecule has 17 heavy (non-hydrogen) atoms. The van der Waals surface area contributed by atoms with Crippen molar-refractivity contribution in [2.75, 3.05) is 25.4 Å². The van der Waals surface area contributed by atoms with Crippen molar-refractivity contribution in [2.45, 2.75) is 25.3 Å². The smallest absolute Gasteiger partial charge is 0.246 e. The molecule has 5 heteroatoms. The molecule has 0 aromatic rings. The van der Waals surface area contributed by atoms with Gasteiger partial charge in [-0.15, -0.1) is 0 Å². The molecule has 2 saturated heterocycles. The van der Waals surface area contributed by atoms with E-state index in [1.807, 2.05) is 0 Å². The average molecular weight is 254 g/mol. The Kier molecular flexibility index (Phi) is 3.76. The summed E-state index contributed by atoms with van der Waals surface area (Å²) < 4.78 is 0. The van der Waals surface area contributed by atoms with Gasteiger partial charge >= 0.3 is 0 Å². The van der Waals surface area contributed by atoms with Crippen LogP contribution < -0.4 is 0 Å². The zero-order valence-corrected chi connectivity index (χ0v) is 10.8. The molecule has 0 spiro atoms. The summed E-state index contributed by atoms with van der Waals surface area (Å²) in [6, 6.07) is -0.224. The lowest BCUT2D eigenvalue weighted by atomic mass is 9.98. The third-order valence-electron chi connectivity index (χ3n) is 3.38. The maximum atomic E-state index is 12.2. The first-order valence-corrected chi connectivity index (χ1v) is 6.62. The number of piperazine rings is 1. The Labute approximate surface area is 107 Å². The Morgan fingerprint density at radius 3 is 2.88 bits per heavy atom. The zero-order chi connectivity index (χ0) is 12.4. The van der Waals surface area contributed by atoms with Gasteiger partial charge in [0.05, 0.1) is 0 Å². The molecule has 0 radical (unpaired) electrons. The summed E-state index contributed by atoms with van der Waals surface area (Å²) in [6.07, 6.45) is 2.84. The topological polar surface area (TPSA) is 40.6 Å². The number of hydrogen-bond donors (Lipinski definition) is 1.